The summed E-state index contributed by atoms with van der Waals surface area (Å²) >= 11 is 0. The Morgan fingerprint density at radius 2 is 2.12 bits per heavy atom. The zero-order valence-corrected chi connectivity index (χ0v) is 13.4. The maximum absolute atomic E-state index is 12.2. The minimum atomic E-state index is -0.217. The average Bonchev–Trinajstić information content (AvgIpc) is 2.93. The number of nitrogen functional groups attached to an aromatic ring is 1. The van der Waals surface area contributed by atoms with Crippen LogP contribution in [0.15, 0.2) is 42.6 Å². The third-order valence-corrected chi connectivity index (χ3v) is 3.59. The third kappa shape index (κ3) is 3.29. The number of nitrogens with one attached hydrogen (secondary N) is 1. The van der Waals surface area contributed by atoms with Gasteiger partial charge in [-0.05, 0) is 25.1 Å². The van der Waals surface area contributed by atoms with Crippen LogP contribution in [-0.2, 0) is 6.54 Å². The van der Waals surface area contributed by atoms with Gasteiger partial charge in [-0.1, -0.05) is 18.2 Å². The fourth-order valence-corrected chi connectivity index (χ4v) is 2.42. The van der Waals surface area contributed by atoms with Crippen LogP contribution in [0.5, 0.6) is 5.75 Å². The molecule has 0 saturated carbocycles. The fourth-order valence-electron chi connectivity index (χ4n) is 2.42. The maximum Gasteiger partial charge on any atom is 0.253 e. The molecule has 0 aliphatic rings. The number of para-hydroxylation sites is 1. The third-order valence-electron chi connectivity index (χ3n) is 3.59. The zero-order valence-electron chi connectivity index (χ0n) is 13.4. The highest BCUT2D eigenvalue weighted by Crippen LogP contribution is 2.16. The van der Waals surface area contributed by atoms with Crippen molar-refractivity contribution in [1.82, 2.24) is 19.9 Å². The number of hydrogen-bond acceptors (Lipinski definition) is 5. The van der Waals surface area contributed by atoms with E-state index in [9.17, 15) is 4.79 Å². The van der Waals surface area contributed by atoms with Crippen LogP contribution in [0.1, 0.15) is 17.3 Å². The van der Waals surface area contributed by atoms with Crippen LogP contribution in [0.3, 0.4) is 0 Å². The standard InChI is InChI=1S/C17H19N5O2/c1-2-22-15-14(21-17(22)18)10-12(11-20-15)16(23)19-8-9-24-13-6-4-3-5-7-13/h3-7,10-11H,2,8-9H2,1H3,(H2,18,21)(H,19,23). The van der Waals surface area contributed by atoms with Gasteiger partial charge in [-0.2, -0.15) is 0 Å². The second kappa shape index (κ2) is 6.99. The number of benzene rings is 1. The summed E-state index contributed by atoms with van der Waals surface area (Å²) in [7, 11) is 0. The lowest BCUT2D eigenvalue weighted by atomic mass is 10.2. The summed E-state index contributed by atoms with van der Waals surface area (Å²) in [6.07, 6.45) is 1.53. The van der Waals surface area contributed by atoms with Crippen LogP contribution < -0.4 is 15.8 Å². The van der Waals surface area contributed by atoms with Crippen LogP contribution in [0.4, 0.5) is 5.95 Å². The number of nitrogens with zero attached hydrogens (tertiary/aromatic N) is 3. The monoisotopic (exact) mass is 325 g/mol. The van der Waals surface area contributed by atoms with Gasteiger partial charge in [-0.3, -0.25) is 9.36 Å². The van der Waals surface area contributed by atoms with Gasteiger partial charge in [0.15, 0.2) is 5.65 Å². The molecule has 0 spiro atoms. The molecule has 124 valence electrons. The smallest absolute Gasteiger partial charge is 0.253 e. The lowest BCUT2D eigenvalue weighted by Gasteiger charge is -2.07. The predicted molar refractivity (Wildman–Crippen MR) is 91.9 cm³/mol. The van der Waals surface area contributed by atoms with E-state index in [0.717, 1.165) is 5.75 Å². The Bertz CT molecular complexity index is 845. The molecule has 0 radical (unpaired) electrons. The number of amides is 1. The molecule has 0 aliphatic heterocycles. The van der Waals surface area contributed by atoms with E-state index >= 15 is 0 Å². The van der Waals surface area contributed by atoms with Gasteiger partial charge in [0.1, 0.15) is 17.9 Å². The number of carbonyl (C=O) groups excluding carboxylic acids is 1. The summed E-state index contributed by atoms with van der Waals surface area (Å²) in [5.41, 5.74) is 7.58. The topological polar surface area (TPSA) is 95.1 Å². The van der Waals surface area contributed by atoms with E-state index in [-0.39, 0.29) is 5.91 Å². The first-order valence-corrected chi connectivity index (χ1v) is 7.77. The van der Waals surface area contributed by atoms with Crippen molar-refractivity contribution < 1.29 is 9.53 Å². The van der Waals surface area contributed by atoms with Gasteiger partial charge in [-0.25, -0.2) is 9.97 Å². The van der Waals surface area contributed by atoms with Crippen LogP contribution in [-0.4, -0.2) is 33.6 Å². The van der Waals surface area contributed by atoms with Gasteiger partial charge in [-0.15, -0.1) is 0 Å². The van der Waals surface area contributed by atoms with Crippen molar-refractivity contribution in [3.05, 3.63) is 48.2 Å². The van der Waals surface area contributed by atoms with Gasteiger partial charge in [0, 0.05) is 12.7 Å². The lowest BCUT2D eigenvalue weighted by Crippen LogP contribution is -2.28. The molecule has 24 heavy (non-hydrogen) atoms. The average molecular weight is 325 g/mol. The van der Waals surface area contributed by atoms with Gasteiger partial charge < -0.3 is 15.8 Å². The van der Waals surface area contributed by atoms with Crippen LogP contribution in [0, 0.1) is 0 Å². The number of fused-ring (bicyclic) bond motifs is 1. The quantitative estimate of drug-likeness (QED) is 0.674. The first-order chi connectivity index (χ1) is 11.7. The Kier molecular flexibility index (Phi) is 4.60. The predicted octanol–water partition coefficient (Wildman–Crippen LogP) is 1.84. The first-order valence-electron chi connectivity index (χ1n) is 7.77. The van der Waals surface area contributed by atoms with Crippen molar-refractivity contribution in [1.29, 1.82) is 0 Å². The number of hydrogen-bond donors (Lipinski definition) is 2. The molecule has 7 nitrogen and oxygen atoms in total. The number of pyridine rings is 1. The first kappa shape index (κ1) is 15.8. The summed E-state index contributed by atoms with van der Waals surface area (Å²) in [5, 5.41) is 2.80. The minimum Gasteiger partial charge on any atom is -0.492 e. The van der Waals surface area contributed by atoms with Crippen molar-refractivity contribution in [2.24, 2.45) is 0 Å². The summed E-state index contributed by atoms with van der Waals surface area (Å²) in [4.78, 5) is 20.7. The number of nitrogens with two attached hydrogens (primary N) is 1. The van der Waals surface area contributed by atoms with E-state index in [1.807, 2.05) is 37.3 Å². The zero-order chi connectivity index (χ0) is 16.9. The Hall–Kier alpha value is -3.09. The summed E-state index contributed by atoms with van der Waals surface area (Å²) in [5.74, 6) is 0.954. The number of rotatable bonds is 6. The molecule has 1 aromatic carbocycles. The SMILES string of the molecule is CCn1c(N)nc2cc(C(=O)NCCOc3ccccc3)cnc21. The van der Waals surface area contributed by atoms with Gasteiger partial charge in [0.25, 0.3) is 5.91 Å². The molecule has 0 atom stereocenters. The molecule has 2 aromatic heterocycles. The highest BCUT2D eigenvalue weighted by atomic mass is 16.5. The van der Waals surface area contributed by atoms with Crippen LogP contribution >= 0.6 is 0 Å². The maximum atomic E-state index is 12.2. The summed E-state index contributed by atoms with van der Waals surface area (Å²) in [6.45, 7) is 3.43. The number of imidazole rings is 1. The van der Waals surface area contributed by atoms with Crippen molar-refractivity contribution in [3.63, 3.8) is 0 Å². The van der Waals surface area contributed by atoms with Crippen molar-refractivity contribution in [2.45, 2.75) is 13.5 Å². The molecule has 0 aliphatic carbocycles. The fraction of sp³-hybridized carbons (Fsp3) is 0.235. The molecule has 0 unspecified atom stereocenters. The molecule has 3 aromatic rings. The molecule has 0 bridgehead atoms. The number of carbonyl (C=O) groups is 1. The number of anilines is 1. The summed E-state index contributed by atoms with van der Waals surface area (Å²) in [6, 6.07) is 11.1. The number of aryl methyl sites for hydroxylation is 1. The second-order valence-corrected chi connectivity index (χ2v) is 5.20. The van der Waals surface area contributed by atoms with Crippen LogP contribution in [0.2, 0.25) is 0 Å². The lowest BCUT2D eigenvalue weighted by molar-refractivity contribution is 0.0947. The Labute approximate surface area is 139 Å². The van der Waals surface area contributed by atoms with E-state index in [1.165, 1.54) is 6.20 Å². The van der Waals surface area contributed by atoms with Crippen molar-refractivity contribution >= 4 is 23.0 Å². The number of aromatic nitrogens is 3. The second-order valence-electron chi connectivity index (χ2n) is 5.20. The van der Waals surface area contributed by atoms with Crippen LogP contribution in [0.25, 0.3) is 11.2 Å². The highest BCUT2D eigenvalue weighted by molar-refractivity contribution is 5.96. The van der Waals surface area contributed by atoms with Crippen molar-refractivity contribution in [2.75, 3.05) is 18.9 Å². The van der Waals surface area contributed by atoms with E-state index in [1.54, 1.807) is 10.6 Å². The number of ether oxygens (including phenoxy) is 1. The molecule has 0 fully saturated rings. The molecular weight excluding hydrogens is 306 g/mol. The highest BCUT2D eigenvalue weighted by Gasteiger charge is 2.12. The Morgan fingerprint density at radius 1 is 1.33 bits per heavy atom. The Balaban J connectivity index is 1.60. The minimum absolute atomic E-state index is 0.217. The van der Waals surface area contributed by atoms with E-state index in [2.05, 4.69) is 15.3 Å². The van der Waals surface area contributed by atoms with Gasteiger partial charge in [0.05, 0.1) is 12.1 Å². The molecule has 0 saturated heterocycles. The molecule has 3 N–H and O–H groups in total. The molecule has 2 heterocycles. The van der Waals surface area contributed by atoms with Crippen molar-refractivity contribution in [3.8, 4) is 5.75 Å². The normalized spacial score (nSPS) is 10.7. The van der Waals surface area contributed by atoms with E-state index < -0.39 is 0 Å². The summed E-state index contributed by atoms with van der Waals surface area (Å²) < 4.78 is 7.33. The van der Waals surface area contributed by atoms with E-state index in [4.69, 9.17) is 10.5 Å². The molecular formula is C17H19N5O2. The Morgan fingerprint density at radius 3 is 2.88 bits per heavy atom. The van der Waals surface area contributed by atoms with Gasteiger partial charge >= 0.3 is 0 Å². The van der Waals surface area contributed by atoms with E-state index in [0.29, 0.717) is 42.4 Å². The van der Waals surface area contributed by atoms with Gasteiger partial charge in [0.2, 0.25) is 5.95 Å². The molecule has 7 heteroatoms. The molecule has 1 amide bonds. The largest absolute Gasteiger partial charge is 0.492 e. The molecule has 3 rings (SSSR count).